The molecule has 1 atom stereocenters. The number of hydrogen-bond acceptors (Lipinski definition) is 6. The molecule has 0 aliphatic carbocycles. The highest BCUT2D eigenvalue weighted by molar-refractivity contribution is 5.33. The molecule has 3 rings (SSSR count). The maximum atomic E-state index is 5.42. The van der Waals surface area contributed by atoms with Gasteiger partial charge in [-0.1, -0.05) is 6.07 Å². The largest absolute Gasteiger partial charge is 0.379 e. The minimum absolute atomic E-state index is 0.692. The van der Waals surface area contributed by atoms with Crippen molar-refractivity contribution in [2.45, 2.75) is 19.0 Å². The van der Waals surface area contributed by atoms with Crippen LogP contribution in [0, 0.1) is 0 Å². The second kappa shape index (κ2) is 6.49. The van der Waals surface area contributed by atoms with Crippen molar-refractivity contribution in [3.05, 3.63) is 23.9 Å². The lowest BCUT2D eigenvalue weighted by Gasteiger charge is -2.32. The van der Waals surface area contributed by atoms with Crippen molar-refractivity contribution in [1.82, 2.24) is 14.8 Å². The zero-order valence-electron chi connectivity index (χ0n) is 11.8. The van der Waals surface area contributed by atoms with Crippen LogP contribution < -0.4 is 11.3 Å². The van der Waals surface area contributed by atoms with Gasteiger partial charge in [0.25, 0.3) is 0 Å². The van der Waals surface area contributed by atoms with Gasteiger partial charge in [0.05, 0.1) is 13.2 Å². The van der Waals surface area contributed by atoms with Crippen LogP contribution in [0.5, 0.6) is 0 Å². The number of rotatable bonds is 4. The summed E-state index contributed by atoms with van der Waals surface area (Å²) >= 11 is 0. The SMILES string of the molecule is NNc1ccc(CN2CCC(N3CCOCC3)C2)cn1. The van der Waals surface area contributed by atoms with E-state index in [1.54, 1.807) is 0 Å². The maximum absolute atomic E-state index is 5.42. The predicted octanol–water partition coefficient (Wildman–Crippen LogP) is 0.274. The van der Waals surface area contributed by atoms with E-state index in [2.05, 4.69) is 26.3 Å². The summed E-state index contributed by atoms with van der Waals surface area (Å²) in [6, 6.07) is 4.70. The lowest BCUT2D eigenvalue weighted by atomic mass is 10.2. The number of nitrogen functional groups attached to an aromatic ring is 1. The molecule has 1 aromatic rings. The van der Waals surface area contributed by atoms with Crippen LogP contribution in [0.3, 0.4) is 0 Å². The van der Waals surface area contributed by atoms with Gasteiger partial charge in [-0.2, -0.15) is 0 Å². The number of nitrogens with zero attached hydrogens (tertiary/aromatic N) is 3. The van der Waals surface area contributed by atoms with Crippen LogP contribution in [0.15, 0.2) is 18.3 Å². The van der Waals surface area contributed by atoms with Gasteiger partial charge in [-0.05, 0) is 18.1 Å². The number of nitrogens with two attached hydrogens (primary N) is 1. The van der Waals surface area contributed by atoms with Gasteiger partial charge in [0.15, 0.2) is 0 Å². The Morgan fingerprint density at radius 1 is 1.30 bits per heavy atom. The van der Waals surface area contributed by atoms with E-state index in [1.807, 2.05) is 12.3 Å². The van der Waals surface area contributed by atoms with Crippen molar-refractivity contribution in [2.75, 3.05) is 44.8 Å². The molecule has 2 aliphatic heterocycles. The highest BCUT2D eigenvalue weighted by atomic mass is 16.5. The normalized spacial score (nSPS) is 24.9. The van der Waals surface area contributed by atoms with Crippen molar-refractivity contribution in [2.24, 2.45) is 5.84 Å². The van der Waals surface area contributed by atoms with E-state index in [0.29, 0.717) is 11.9 Å². The lowest BCUT2D eigenvalue weighted by molar-refractivity contribution is 0.0184. The number of pyridine rings is 1. The number of hydrogen-bond donors (Lipinski definition) is 2. The van der Waals surface area contributed by atoms with Crippen LogP contribution >= 0.6 is 0 Å². The summed E-state index contributed by atoms with van der Waals surface area (Å²) in [7, 11) is 0. The molecule has 2 fully saturated rings. The Kier molecular flexibility index (Phi) is 4.47. The molecule has 2 aliphatic rings. The van der Waals surface area contributed by atoms with E-state index in [-0.39, 0.29) is 0 Å². The van der Waals surface area contributed by atoms with Crippen molar-refractivity contribution < 1.29 is 4.74 Å². The molecule has 110 valence electrons. The van der Waals surface area contributed by atoms with E-state index in [1.165, 1.54) is 18.5 Å². The molecule has 2 saturated heterocycles. The topological polar surface area (TPSA) is 66.7 Å². The van der Waals surface area contributed by atoms with Gasteiger partial charge in [-0.15, -0.1) is 0 Å². The summed E-state index contributed by atoms with van der Waals surface area (Å²) in [4.78, 5) is 9.34. The van der Waals surface area contributed by atoms with Crippen LogP contribution in [0.25, 0.3) is 0 Å². The molecule has 0 aromatic carbocycles. The average Bonchev–Trinajstić information content (AvgIpc) is 2.97. The van der Waals surface area contributed by atoms with Crippen molar-refractivity contribution >= 4 is 5.82 Å². The fourth-order valence-corrected chi connectivity index (χ4v) is 3.06. The number of hydrazine groups is 1. The third-order valence-corrected chi connectivity index (χ3v) is 4.19. The molecule has 0 bridgehead atoms. The van der Waals surface area contributed by atoms with Crippen LogP contribution in [-0.2, 0) is 11.3 Å². The van der Waals surface area contributed by atoms with E-state index in [0.717, 1.165) is 39.4 Å². The first kappa shape index (κ1) is 13.8. The fraction of sp³-hybridized carbons (Fsp3) is 0.643. The number of aromatic nitrogens is 1. The standard InChI is InChI=1S/C14H23N5O/c15-17-14-2-1-12(9-16-14)10-18-4-3-13(11-18)19-5-7-20-8-6-19/h1-2,9,13H,3-8,10-11,15H2,(H,16,17). The number of nitrogens with one attached hydrogen (secondary N) is 1. The van der Waals surface area contributed by atoms with Crippen molar-refractivity contribution in [1.29, 1.82) is 0 Å². The Balaban J connectivity index is 1.51. The van der Waals surface area contributed by atoms with Gasteiger partial charge in [-0.25, -0.2) is 10.8 Å². The molecular weight excluding hydrogens is 254 g/mol. The van der Waals surface area contributed by atoms with Gasteiger partial charge in [-0.3, -0.25) is 9.80 Å². The van der Waals surface area contributed by atoms with Crippen molar-refractivity contribution in [3.63, 3.8) is 0 Å². The Morgan fingerprint density at radius 3 is 2.85 bits per heavy atom. The number of morpholine rings is 1. The van der Waals surface area contributed by atoms with Crippen molar-refractivity contribution in [3.8, 4) is 0 Å². The van der Waals surface area contributed by atoms with E-state index in [9.17, 15) is 0 Å². The number of likely N-dealkylation sites (tertiary alicyclic amines) is 1. The third kappa shape index (κ3) is 3.27. The van der Waals surface area contributed by atoms with E-state index >= 15 is 0 Å². The highest BCUT2D eigenvalue weighted by Gasteiger charge is 2.28. The van der Waals surface area contributed by atoms with Gasteiger partial charge in [0.2, 0.25) is 0 Å². The number of ether oxygens (including phenoxy) is 1. The molecule has 0 saturated carbocycles. The lowest BCUT2D eigenvalue weighted by Crippen LogP contribution is -2.44. The fourth-order valence-electron chi connectivity index (χ4n) is 3.06. The molecule has 0 radical (unpaired) electrons. The zero-order chi connectivity index (χ0) is 13.8. The van der Waals surface area contributed by atoms with Gasteiger partial charge in [0, 0.05) is 45.0 Å². The second-order valence-corrected chi connectivity index (χ2v) is 5.52. The Morgan fingerprint density at radius 2 is 2.15 bits per heavy atom. The maximum Gasteiger partial charge on any atom is 0.139 e. The van der Waals surface area contributed by atoms with E-state index in [4.69, 9.17) is 10.6 Å². The minimum Gasteiger partial charge on any atom is -0.379 e. The van der Waals surface area contributed by atoms with Gasteiger partial charge < -0.3 is 10.2 Å². The van der Waals surface area contributed by atoms with Crippen LogP contribution in [-0.4, -0.2) is 60.2 Å². The number of anilines is 1. The predicted molar refractivity (Wildman–Crippen MR) is 78.1 cm³/mol. The molecule has 0 spiro atoms. The molecule has 6 nitrogen and oxygen atoms in total. The Hall–Kier alpha value is -1.21. The molecule has 0 amide bonds. The summed E-state index contributed by atoms with van der Waals surface area (Å²) in [5, 5.41) is 0. The highest BCUT2D eigenvalue weighted by Crippen LogP contribution is 2.19. The minimum atomic E-state index is 0.692. The smallest absolute Gasteiger partial charge is 0.139 e. The Bertz CT molecular complexity index is 418. The summed E-state index contributed by atoms with van der Waals surface area (Å²) in [5.41, 5.74) is 3.80. The summed E-state index contributed by atoms with van der Waals surface area (Å²) < 4.78 is 5.42. The molecular formula is C14H23N5O. The van der Waals surface area contributed by atoms with Crippen LogP contribution in [0.4, 0.5) is 5.82 Å². The van der Waals surface area contributed by atoms with Crippen LogP contribution in [0.1, 0.15) is 12.0 Å². The average molecular weight is 277 g/mol. The quantitative estimate of drug-likeness (QED) is 0.608. The summed E-state index contributed by atoms with van der Waals surface area (Å²) in [5.74, 6) is 6.04. The van der Waals surface area contributed by atoms with Gasteiger partial charge >= 0.3 is 0 Å². The monoisotopic (exact) mass is 277 g/mol. The Labute approximate surface area is 119 Å². The third-order valence-electron chi connectivity index (χ3n) is 4.19. The molecule has 1 aromatic heterocycles. The molecule has 3 heterocycles. The zero-order valence-corrected chi connectivity index (χ0v) is 11.8. The summed E-state index contributed by atoms with van der Waals surface area (Å²) in [6.07, 6.45) is 3.16. The summed E-state index contributed by atoms with van der Waals surface area (Å²) in [6.45, 7) is 7.21. The molecule has 3 N–H and O–H groups in total. The first-order valence-corrected chi connectivity index (χ1v) is 7.31. The molecule has 6 heteroatoms. The second-order valence-electron chi connectivity index (χ2n) is 5.52. The van der Waals surface area contributed by atoms with Gasteiger partial charge in [0.1, 0.15) is 5.82 Å². The first-order chi connectivity index (χ1) is 9.85. The molecule has 20 heavy (non-hydrogen) atoms. The van der Waals surface area contributed by atoms with Crippen LogP contribution in [0.2, 0.25) is 0 Å². The first-order valence-electron chi connectivity index (χ1n) is 7.31. The molecule has 1 unspecified atom stereocenters. The van der Waals surface area contributed by atoms with E-state index < -0.39 is 0 Å².